The monoisotopic (exact) mass is 394 g/mol. The van der Waals surface area contributed by atoms with Gasteiger partial charge in [-0.05, 0) is 56.0 Å². The number of ether oxygens (including phenoxy) is 1. The van der Waals surface area contributed by atoms with Crippen molar-refractivity contribution in [3.63, 3.8) is 0 Å². The summed E-state index contributed by atoms with van der Waals surface area (Å²) in [5.74, 6) is 0.404. The molecule has 1 atom stereocenters. The second kappa shape index (κ2) is 10.1. The van der Waals surface area contributed by atoms with Gasteiger partial charge in [-0.1, -0.05) is 44.0 Å². The number of carbonyl (C=O) groups is 2. The lowest BCUT2D eigenvalue weighted by molar-refractivity contribution is -0.122. The van der Waals surface area contributed by atoms with Crippen molar-refractivity contribution in [2.24, 2.45) is 0 Å². The van der Waals surface area contributed by atoms with Gasteiger partial charge >= 0.3 is 0 Å². The molecule has 0 aromatic heterocycles. The van der Waals surface area contributed by atoms with Gasteiger partial charge in [0, 0.05) is 13.1 Å². The number of benzene rings is 2. The molecule has 2 amide bonds. The molecule has 5 heteroatoms. The van der Waals surface area contributed by atoms with E-state index in [-0.39, 0.29) is 11.8 Å². The summed E-state index contributed by atoms with van der Waals surface area (Å²) in [5, 5.41) is 2.92. The van der Waals surface area contributed by atoms with Crippen LogP contribution < -0.4 is 10.1 Å². The minimum Gasteiger partial charge on any atom is -0.481 e. The third-order valence-electron chi connectivity index (χ3n) is 5.24. The molecular formula is C24H30N2O3. The van der Waals surface area contributed by atoms with Crippen LogP contribution in [0.4, 0.5) is 5.69 Å². The second-order valence-electron chi connectivity index (χ2n) is 7.57. The molecule has 1 heterocycles. The Kier molecular flexibility index (Phi) is 7.28. The van der Waals surface area contributed by atoms with E-state index in [1.165, 1.54) is 0 Å². The first-order valence-electron chi connectivity index (χ1n) is 10.5. The number of likely N-dealkylation sites (tertiary alicyclic amines) is 1. The van der Waals surface area contributed by atoms with E-state index >= 15 is 0 Å². The molecule has 0 saturated carbocycles. The molecule has 154 valence electrons. The first-order valence-corrected chi connectivity index (χ1v) is 10.5. The van der Waals surface area contributed by atoms with E-state index in [2.05, 4.69) is 5.32 Å². The van der Waals surface area contributed by atoms with E-state index in [0.717, 1.165) is 44.3 Å². The van der Waals surface area contributed by atoms with Crippen molar-refractivity contribution >= 4 is 17.5 Å². The van der Waals surface area contributed by atoms with Gasteiger partial charge in [0.2, 0.25) is 0 Å². The van der Waals surface area contributed by atoms with Crippen molar-refractivity contribution < 1.29 is 14.3 Å². The van der Waals surface area contributed by atoms with Crippen LogP contribution in [0.5, 0.6) is 5.75 Å². The zero-order chi connectivity index (χ0) is 20.6. The van der Waals surface area contributed by atoms with Crippen LogP contribution in [0.25, 0.3) is 0 Å². The van der Waals surface area contributed by atoms with E-state index in [1.54, 1.807) is 12.1 Å². The van der Waals surface area contributed by atoms with Gasteiger partial charge in [-0.2, -0.15) is 0 Å². The highest BCUT2D eigenvalue weighted by Crippen LogP contribution is 2.21. The maximum Gasteiger partial charge on any atom is 0.265 e. The fourth-order valence-electron chi connectivity index (χ4n) is 3.61. The predicted molar refractivity (Wildman–Crippen MR) is 115 cm³/mol. The minimum atomic E-state index is -0.627. The first-order chi connectivity index (χ1) is 14.1. The van der Waals surface area contributed by atoms with Gasteiger partial charge in [0.25, 0.3) is 11.8 Å². The highest BCUT2D eigenvalue weighted by atomic mass is 16.5. The number of nitrogens with zero attached hydrogens (tertiary/aromatic N) is 1. The second-order valence-corrected chi connectivity index (χ2v) is 7.57. The molecule has 1 fully saturated rings. The number of nitrogens with one attached hydrogen (secondary N) is 1. The predicted octanol–water partition coefficient (Wildman–Crippen LogP) is 4.81. The van der Waals surface area contributed by atoms with Crippen molar-refractivity contribution in [1.29, 1.82) is 0 Å². The van der Waals surface area contributed by atoms with E-state index in [4.69, 9.17) is 4.74 Å². The summed E-state index contributed by atoms with van der Waals surface area (Å²) >= 11 is 0. The molecule has 5 nitrogen and oxygen atoms in total. The Labute approximate surface area is 173 Å². The molecule has 1 aliphatic rings. The number of amides is 2. The molecule has 29 heavy (non-hydrogen) atoms. The summed E-state index contributed by atoms with van der Waals surface area (Å²) in [6, 6.07) is 14.9. The van der Waals surface area contributed by atoms with E-state index < -0.39 is 6.10 Å². The fourth-order valence-corrected chi connectivity index (χ4v) is 3.61. The molecule has 0 spiro atoms. The molecule has 1 saturated heterocycles. The lowest BCUT2D eigenvalue weighted by Gasteiger charge is -2.23. The molecule has 0 aliphatic carbocycles. The van der Waals surface area contributed by atoms with E-state index in [0.29, 0.717) is 23.4 Å². The average Bonchev–Trinajstić information content (AvgIpc) is 3.01. The van der Waals surface area contributed by atoms with Crippen LogP contribution in [0.3, 0.4) is 0 Å². The van der Waals surface area contributed by atoms with Gasteiger partial charge in [0.1, 0.15) is 5.75 Å². The van der Waals surface area contributed by atoms with Crippen LogP contribution in [-0.4, -0.2) is 35.9 Å². The maximum absolute atomic E-state index is 13.1. The summed E-state index contributed by atoms with van der Waals surface area (Å²) in [6.45, 7) is 5.44. The Morgan fingerprint density at radius 1 is 1.03 bits per heavy atom. The van der Waals surface area contributed by atoms with Crippen LogP contribution in [0.15, 0.2) is 48.5 Å². The zero-order valence-corrected chi connectivity index (χ0v) is 17.3. The smallest absolute Gasteiger partial charge is 0.265 e. The topological polar surface area (TPSA) is 58.6 Å². The van der Waals surface area contributed by atoms with Gasteiger partial charge < -0.3 is 15.0 Å². The summed E-state index contributed by atoms with van der Waals surface area (Å²) in [7, 11) is 0. The molecule has 2 aromatic carbocycles. The zero-order valence-electron chi connectivity index (χ0n) is 17.3. The summed E-state index contributed by atoms with van der Waals surface area (Å²) in [4.78, 5) is 27.8. The molecule has 2 aromatic rings. The fraction of sp³-hybridized carbons (Fsp3) is 0.417. The van der Waals surface area contributed by atoms with Crippen molar-refractivity contribution in [1.82, 2.24) is 4.90 Å². The summed E-state index contributed by atoms with van der Waals surface area (Å²) < 4.78 is 5.90. The lowest BCUT2D eigenvalue weighted by atomic mass is 10.1. The van der Waals surface area contributed by atoms with Gasteiger partial charge in [-0.3, -0.25) is 9.59 Å². The van der Waals surface area contributed by atoms with Gasteiger partial charge in [0.15, 0.2) is 6.10 Å². The number of aryl methyl sites for hydroxylation is 1. The average molecular weight is 395 g/mol. The largest absolute Gasteiger partial charge is 0.481 e. The Morgan fingerprint density at radius 2 is 1.76 bits per heavy atom. The normalized spacial score (nSPS) is 15.3. The van der Waals surface area contributed by atoms with Gasteiger partial charge in [-0.25, -0.2) is 0 Å². The number of hydrogen-bond donors (Lipinski definition) is 1. The minimum absolute atomic E-state index is 0.0181. The number of rotatable bonds is 6. The Morgan fingerprint density at radius 3 is 2.45 bits per heavy atom. The number of para-hydroxylation sites is 1. The SMILES string of the molecule is CCC(Oc1cccc(C)c1)C(=O)Nc1ccccc1C(=O)N1CCCCCC1. The third kappa shape index (κ3) is 5.59. The van der Waals surface area contributed by atoms with Crippen molar-refractivity contribution in [2.45, 2.75) is 52.1 Å². The molecule has 1 aliphatic heterocycles. The maximum atomic E-state index is 13.1. The molecule has 1 unspecified atom stereocenters. The molecule has 1 N–H and O–H groups in total. The van der Waals surface area contributed by atoms with Crippen LogP contribution >= 0.6 is 0 Å². The van der Waals surface area contributed by atoms with Crippen molar-refractivity contribution in [3.05, 3.63) is 59.7 Å². The summed E-state index contributed by atoms with van der Waals surface area (Å²) in [5.41, 5.74) is 2.15. The first kappa shape index (κ1) is 20.9. The van der Waals surface area contributed by atoms with Crippen LogP contribution in [0.2, 0.25) is 0 Å². The van der Waals surface area contributed by atoms with Crippen molar-refractivity contribution in [3.8, 4) is 5.75 Å². The quantitative estimate of drug-likeness (QED) is 0.765. The number of hydrogen-bond acceptors (Lipinski definition) is 3. The number of carbonyl (C=O) groups excluding carboxylic acids is 2. The van der Waals surface area contributed by atoms with Crippen LogP contribution in [0, 0.1) is 6.92 Å². The standard InChI is InChI=1S/C24H30N2O3/c1-3-22(29-19-12-10-11-18(2)17-19)23(27)25-21-14-7-6-13-20(21)24(28)26-15-8-4-5-9-16-26/h6-7,10-14,17,22H,3-5,8-9,15-16H2,1-2H3,(H,25,27). The number of anilines is 1. The highest BCUT2D eigenvalue weighted by Gasteiger charge is 2.23. The Balaban J connectivity index is 1.73. The molecular weight excluding hydrogens is 364 g/mol. The van der Waals surface area contributed by atoms with Crippen molar-refractivity contribution in [2.75, 3.05) is 18.4 Å². The van der Waals surface area contributed by atoms with Crippen LogP contribution in [0.1, 0.15) is 54.9 Å². The molecule has 3 rings (SSSR count). The third-order valence-corrected chi connectivity index (χ3v) is 5.24. The van der Waals surface area contributed by atoms with E-state index in [9.17, 15) is 9.59 Å². The van der Waals surface area contributed by atoms with E-state index in [1.807, 2.05) is 55.1 Å². The van der Waals surface area contributed by atoms with Gasteiger partial charge in [0.05, 0.1) is 11.3 Å². The Hall–Kier alpha value is -2.82. The Bertz CT molecular complexity index is 842. The summed E-state index contributed by atoms with van der Waals surface area (Å²) in [6.07, 6.45) is 4.29. The lowest BCUT2D eigenvalue weighted by Crippen LogP contribution is -2.35. The molecule has 0 bridgehead atoms. The molecule has 0 radical (unpaired) electrons. The van der Waals surface area contributed by atoms with Crippen LogP contribution in [-0.2, 0) is 4.79 Å². The highest BCUT2D eigenvalue weighted by molar-refractivity contribution is 6.04. The van der Waals surface area contributed by atoms with Gasteiger partial charge in [-0.15, -0.1) is 0 Å².